The van der Waals surface area contributed by atoms with Crippen molar-refractivity contribution >= 4 is 5.69 Å². The topological polar surface area (TPSA) is 81.1 Å². The van der Waals surface area contributed by atoms with Gasteiger partial charge in [-0.25, -0.2) is 0 Å². The SMILES string of the molecule is Nc1ccc(Cc2nc(-c3cccc(CN4CCCCC4)c3)no2)nc1. The Morgan fingerprint density at radius 1 is 1.08 bits per heavy atom. The van der Waals surface area contributed by atoms with E-state index in [2.05, 4.69) is 38.2 Å². The lowest BCUT2D eigenvalue weighted by Gasteiger charge is -2.26. The number of likely N-dealkylation sites (tertiary alicyclic amines) is 1. The number of nitrogens with two attached hydrogens (primary N) is 1. The third-order valence-corrected chi connectivity index (χ3v) is 4.69. The highest BCUT2D eigenvalue weighted by molar-refractivity contribution is 5.55. The Morgan fingerprint density at radius 3 is 2.77 bits per heavy atom. The van der Waals surface area contributed by atoms with Gasteiger partial charge in [0.1, 0.15) is 0 Å². The number of rotatable bonds is 5. The average Bonchev–Trinajstić information content (AvgIpc) is 3.13. The molecule has 6 heteroatoms. The summed E-state index contributed by atoms with van der Waals surface area (Å²) in [7, 11) is 0. The van der Waals surface area contributed by atoms with E-state index in [-0.39, 0.29) is 0 Å². The smallest absolute Gasteiger partial charge is 0.232 e. The van der Waals surface area contributed by atoms with E-state index < -0.39 is 0 Å². The zero-order valence-corrected chi connectivity index (χ0v) is 14.8. The Labute approximate surface area is 153 Å². The standard InChI is InChI=1S/C20H23N5O/c21-17-7-8-18(22-13-17)12-19-23-20(24-26-19)16-6-4-5-15(11-16)14-25-9-2-1-3-10-25/h4-8,11,13H,1-3,9-10,12,14,21H2. The number of hydrogen-bond donors (Lipinski definition) is 1. The number of hydrogen-bond acceptors (Lipinski definition) is 6. The zero-order valence-electron chi connectivity index (χ0n) is 14.8. The molecular weight excluding hydrogens is 326 g/mol. The van der Waals surface area contributed by atoms with Gasteiger partial charge in [-0.3, -0.25) is 9.88 Å². The summed E-state index contributed by atoms with van der Waals surface area (Å²) in [4.78, 5) is 11.3. The highest BCUT2D eigenvalue weighted by atomic mass is 16.5. The molecule has 134 valence electrons. The van der Waals surface area contributed by atoms with Crippen molar-refractivity contribution in [1.82, 2.24) is 20.0 Å². The van der Waals surface area contributed by atoms with Crippen LogP contribution in [0.3, 0.4) is 0 Å². The molecule has 0 aliphatic carbocycles. The fourth-order valence-corrected chi connectivity index (χ4v) is 3.32. The van der Waals surface area contributed by atoms with Gasteiger partial charge in [-0.05, 0) is 49.7 Å². The van der Waals surface area contributed by atoms with Crippen molar-refractivity contribution in [2.24, 2.45) is 0 Å². The van der Waals surface area contributed by atoms with Gasteiger partial charge in [0.25, 0.3) is 0 Å². The average molecular weight is 349 g/mol. The van der Waals surface area contributed by atoms with Crippen LogP contribution >= 0.6 is 0 Å². The molecule has 0 spiro atoms. The summed E-state index contributed by atoms with van der Waals surface area (Å²) < 4.78 is 5.40. The number of pyridine rings is 1. The Hall–Kier alpha value is -2.73. The lowest BCUT2D eigenvalue weighted by atomic mass is 10.1. The number of piperidine rings is 1. The largest absolute Gasteiger partial charge is 0.397 e. The molecule has 26 heavy (non-hydrogen) atoms. The molecule has 1 aromatic carbocycles. The van der Waals surface area contributed by atoms with Crippen LogP contribution in [0.5, 0.6) is 0 Å². The fraction of sp³-hybridized carbons (Fsp3) is 0.350. The first-order valence-corrected chi connectivity index (χ1v) is 9.11. The normalized spacial score (nSPS) is 15.2. The first-order valence-electron chi connectivity index (χ1n) is 9.11. The van der Waals surface area contributed by atoms with E-state index in [1.54, 1.807) is 6.20 Å². The van der Waals surface area contributed by atoms with Crippen molar-refractivity contribution in [3.05, 3.63) is 59.7 Å². The lowest BCUT2D eigenvalue weighted by molar-refractivity contribution is 0.221. The maximum Gasteiger partial charge on any atom is 0.232 e. The minimum absolute atomic E-state index is 0.501. The molecule has 1 fully saturated rings. The molecule has 1 saturated heterocycles. The van der Waals surface area contributed by atoms with Crippen LogP contribution < -0.4 is 5.73 Å². The predicted molar refractivity (Wildman–Crippen MR) is 100 cm³/mol. The number of nitrogens with zero attached hydrogens (tertiary/aromatic N) is 4. The monoisotopic (exact) mass is 349 g/mol. The van der Waals surface area contributed by atoms with Crippen molar-refractivity contribution in [3.8, 4) is 11.4 Å². The molecule has 3 heterocycles. The Bertz CT molecular complexity index is 853. The van der Waals surface area contributed by atoms with Gasteiger partial charge >= 0.3 is 0 Å². The molecule has 2 aromatic heterocycles. The maximum absolute atomic E-state index is 5.66. The maximum atomic E-state index is 5.66. The van der Waals surface area contributed by atoms with Crippen molar-refractivity contribution < 1.29 is 4.52 Å². The van der Waals surface area contributed by atoms with E-state index in [4.69, 9.17) is 10.3 Å². The summed E-state index contributed by atoms with van der Waals surface area (Å²) in [6, 6.07) is 12.1. The first kappa shape index (κ1) is 16.7. The van der Waals surface area contributed by atoms with E-state index >= 15 is 0 Å². The zero-order chi connectivity index (χ0) is 17.8. The van der Waals surface area contributed by atoms with Gasteiger partial charge in [0.05, 0.1) is 18.3 Å². The van der Waals surface area contributed by atoms with Crippen molar-refractivity contribution in [3.63, 3.8) is 0 Å². The minimum Gasteiger partial charge on any atom is -0.397 e. The summed E-state index contributed by atoms with van der Waals surface area (Å²) in [6.07, 6.45) is 6.09. The highest BCUT2D eigenvalue weighted by Gasteiger charge is 2.13. The van der Waals surface area contributed by atoms with E-state index in [1.807, 2.05) is 18.2 Å². The van der Waals surface area contributed by atoms with E-state index in [0.29, 0.717) is 23.8 Å². The number of anilines is 1. The molecule has 4 rings (SSSR count). The van der Waals surface area contributed by atoms with Gasteiger partial charge in [-0.2, -0.15) is 4.98 Å². The molecule has 0 unspecified atom stereocenters. The van der Waals surface area contributed by atoms with Crippen LogP contribution in [0.4, 0.5) is 5.69 Å². The van der Waals surface area contributed by atoms with Gasteiger partial charge in [0.15, 0.2) is 0 Å². The van der Waals surface area contributed by atoms with Gasteiger partial charge < -0.3 is 10.3 Å². The fourth-order valence-electron chi connectivity index (χ4n) is 3.32. The van der Waals surface area contributed by atoms with Crippen LogP contribution in [-0.4, -0.2) is 33.1 Å². The van der Waals surface area contributed by atoms with E-state index in [1.165, 1.54) is 37.9 Å². The van der Waals surface area contributed by atoms with Crippen LogP contribution in [0, 0.1) is 0 Å². The van der Waals surface area contributed by atoms with Crippen LogP contribution in [0.1, 0.15) is 36.4 Å². The quantitative estimate of drug-likeness (QED) is 0.761. The Kier molecular flexibility index (Phi) is 4.93. The second-order valence-electron chi connectivity index (χ2n) is 6.81. The number of nitrogen functional groups attached to an aromatic ring is 1. The Morgan fingerprint density at radius 2 is 1.96 bits per heavy atom. The first-order chi connectivity index (χ1) is 12.8. The second kappa shape index (κ2) is 7.66. The summed E-state index contributed by atoms with van der Waals surface area (Å²) >= 11 is 0. The summed E-state index contributed by atoms with van der Waals surface area (Å²) in [5.74, 6) is 1.18. The van der Waals surface area contributed by atoms with Gasteiger partial charge in [-0.1, -0.05) is 29.8 Å². The predicted octanol–water partition coefficient (Wildman–Crippen LogP) is 3.29. The molecule has 2 N–H and O–H groups in total. The summed E-state index contributed by atoms with van der Waals surface area (Å²) in [5, 5.41) is 4.14. The third-order valence-electron chi connectivity index (χ3n) is 4.69. The molecule has 6 nitrogen and oxygen atoms in total. The second-order valence-corrected chi connectivity index (χ2v) is 6.81. The summed E-state index contributed by atoms with van der Waals surface area (Å²) in [6.45, 7) is 3.35. The molecule has 1 aliphatic rings. The minimum atomic E-state index is 0.501. The lowest BCUT2D eigenvalue weighted by Crippen LogP contribution is -2.29. The number of benzene rings is 1. The molecule has 0 radical (unpaired) electrons. The van der Waals surface area contributed by atoms with Crippen molar-refractivity contribution in [2.45, 2.75) is 32.2 Å². The van der Waals surface area contributed by atoms with Crippen LogP contribution in [0.15, 0.2) is 47.1 Å². The van der Waals surface area contributed by atoms with Crippen LogP contribution in [0.2, 0.25) is 0 Å². The Balaban J connectivity index is 1.46. The van der Waals surface area contributed by atoms with Gasteiger partial charge in [-0.15, -0.1) is 0 Å². The van der Waals surface area contributed by atoms with E-state index in [9.17, 15) is 0 Å². The molecule has 0 atom stereocenters. The summed E-state index contributed by atoms with van der Waals surface area (Å²) in [5.41, 5.74) is 9.44. The molecule has 0 bridgehead atoms. The molecule has 1 aliphatic heterocycles. The van der Waals surface area contributed by atoms with Crippen molar-refractivity contribution in [1.29, 1.82) is 0 Å². The third kappa shape index (κ3) is 4.08. The van der Waals surface area contributed by atoms with Gasteiger partial charge in [0, 0.05) is 17.8 Å². The number of aromatic nitrogens is 3. The highest BCUT2D eigenvalue weighted by Crippen LogP contribution is 2.20. The van der Waals surface area contributed by atoms with Gasteiger partial charge in [0.2, 0.25) is 11.7 Å². The van der Waals surface area contributed by atoms with E-state index in [0.717, 1.165) is 17.8 Å². The molecular formula is C20H23N5O. The molecule has 3 aromatic rings. The van der Waals surface area contributed by atoms with Crippen LogP contribution in [-0.2, 0) is 13.0 Å². The van der Waals surface area contributed by atoms with Crippen molar-refractivity contribution in [2.75, 3.05) is 18.8 Å². The molecule has 0 amide bonds. The van der Waals surface area contributed by atoms with Crippen LogP contribution in [0.25, 0.3) is 11.4 Å². The molecule has 0 saturated carbocycles.